The van der Waals surface area contributed by atoms with Crippen LogP contribution in [0.15, 0.2) is 96.1 Å². The molecule has 14 heteroatoms. The lowest BCUT2D eigenvalue weighted by Gasteiger charge is -2.34. The van der Waals surface area contributed by atoms with Crippen molar-refractivity contribution in [2.75, 3.05) is 24.6 Å². The fraction of sp³-hybridized carbons (Fsp3) is 0.244. The molecule has 0 saturated carbocycles. The van der Waals surface area contributed by atoms with Crippen molar-refractivity contribution in [1.29, 1.82) is 5.26 Å². The highest BCUT2D eigenvalue weighted by molar-refractivity contribution is 6.25. The number of carbonyl (C=O) groups is 4. The Labute approximate surface area is 315 Å². The smallest absolute Gasteiger partial charge is 0.267 e. The van der Waals surface area contributed by atoms with Crippen molar-refractivity contribution >= 4 is 29.3 Å². The summed E-state index contributed by atoms with van der Waals surface area (Å²) in [6, 6.07) is 24.1. The summed E-state index contributed by atoms with van der Waals surface area (Å²) in [7, 11) is 0. The lowest BCUT2D eigenvalue weighted by atomic mass is 9.96. The van der Waals surface area contributed by atoms with Crippen molar-refractivity contribution in [2.24, 2.45) is 5.92 Å². The molecule has 0 spiro atoms. The lowest BCUT2D eigenvalue weighted by molar-refractivity contribution is -0.136. The molecule has 0 bridgehead atoms. The minimum Gasteiger partial charge on any atom is -0.490 e. The predicted molar refractivity (Wildman–Crippen MR) is 199 cm³/mol. The van der Waals surface area contributed by atoms with E-state index in [-0.39, 0.29) is 36.4 Å². The maximum absolute atomic E-state index is 13.6. The predicted octanol–water partition coefficient (Wildman–Crippen LogP) is 3.98. The summed E-state index contributed by atoms with van der Waals surface area (Å²) in [5.74, 6) is -0.785. The molecule has 5 heterocycles. The third kappa shape index (κ3) is 7.07. The first-order valence-electron chi connectivity index (χ1n) is 18.0. The molecular formula is C41H34N8O6. The second kappa shape index (κ2) is 14.8. The van der Waals surface area contributed by atoms with Gasteiger partial charge < -0.3 is 9.64 Å². The molecule has 1 N–H and O–H groups in total. The number of anilines is 1. The normalized spacial score (nSPS) is 17.2. The molecule has 2 fully saturated rings. The highest BCUT2D eigenvalue weighted by Crippen LogP contribution is 2.36. The van der Waals surface area contributed by atoms with E-state index in [0.29, 0.717) is 53.8 Å². The van der Waals surface area contributed by atoms with Crippen molar-refractivity contribution in [2.45, 2.75) is 38.3 Å². The minimum absolute atomic E-state index is 0.0680. The van der Waals surface area contributed by atoms with Gasteiger partial charge in [0.05, 0.1) is 59.7 Å². The SMILES string of the molecule is N#Cc1cccc(-c2ccc(=O)n(Cc3cccc(-c4ncc(OCC5CCN(c6cccc7c6C(=O)N(C6CCC(=O)NC6=O)C7=O)CC5)cn4)c3)n2)c1. The summed E-state index contributed by atoms with van der Waals surface area (Å²) >= 11 is 0. The number of hydrogen-bond donors (Lipinski definition) is 1. The van der Waals surface area contributed by atoms with Gasteiger partial charge in [0.1, 0.15) is 6.04 Å². The first kappa shape index (κ1) is 35.0. The van der Waals surface area contributed by atoms with Crippen LogP contribution in [-0.2, 0) is 16.1 Å². The number of hydrogen-bond acceptors (Lipinski definition) is 11. The van der Waals surface area contributed by atoms with Gasteiger partial charge in [0.25, 0.3) is 17.4 Å². The summed E-state index contributed by atoms with van der Waals surface area (Å²) in [6.45, 7) is 1.99. The molecule has 2 aromatic heterocycles. The third-order valence-electron chi connectivity index (χ3n) is 10.2. The molecule has 5 aromatic rings. The summed E-state index contributed by atoms with van der Waals surface area (Å²) in [4.78, 5) is 75.9. The van der Waals surface area contributed by atoms with Crippen molar-refractivity contribution < 1.29 is 23.9 Å². The average Bonchev–Trinajstić information content (AvgIpc) is 3.47. The largest absolute Gasteiger partial charge is 0.490 e. The van der Waals surface area contributed by atoms with Crippen LogP contribution < -0.4 is 20.5 Å². The molecule has 8 rings (SSSR count). The first-order valence-corrected chi connectivity index (χ1v) is 18.0. The number of benzene rings is 3. The van der Waals surface area contributed by atoms with E-state index in [1.807, 2.05) is 36.4 Å². The molecule has 0 aliphatic carbocycles. The molecule has 274 valence electrons. The molecule has 3 aromatic carbocycles. The van der Waals surface area contributed by atoms with Gasteiger partial charge in [0.15, 0.2) is 11.6 Å². The zero-order valence-electron chi connectivity index (χ0n) is 29.6. The number of nitrogens with one attached hydrogen (secondary N) is 1. The van der Waals surface area contributed by atoms with E-state index < -0.39 is 29.7 Å². The van der Waals surface area contributed by atoms with Gasteiger partial charge in [-0.3, -0.25) is 34.2 Å². The van der Waals surface area contributed by atoms with Crippen LogP contribution in [0.2, 0.25) is 0 Å². The van der Waals surface area contributed by atoms with Crippen LogP contribution in [-0.4, -0.2) is 74.0 Å². The van der Waals surface area contributed by atoms with E-state index >= 15 is 0 Å². The Morgan fingerprint density at radius 2 is 1.60 bits per heavy atom. The van der Waals surface area contributed by atoms with E-state index in [1.165, 1.54) is 10.7 Å². The van der Waals surface area contributed by atoms with Gasteiger partial charge in [0.2, 0.25) is 11.8 Å². The zero-order valence-corrected chi connectivity index (χ0v) is 29.6. The highest BCUT2D eigenvalue weighted by Gasteiger charge is 2.46. The number of amides is 4. The Balaban J connectivity index is 0.871. The number of rotatable bonds is 9. The highest BCUT2D eigenvalue weighted by atomic mass is 16.5. The number of piperidine rings is 2. The fourth-order valence-electron chi connectivity index (χ4n) is 7.30. The lowest BCUT2D eigenvalue weighted by Crippen LogP contribution is -2.54. The van der Waals surface area contributed by atoms with Crippen molar-refractivity contribution in [3.05, 3.63) is 124 Å². The molecule has 14 nitrogen and oxygen atoms in total. The van der Waals surface area contributed by atoms with Crippen LogP contribution >= 0.6 is 0 Å². The van der Waals surface area contributed by atoms with Crippen LogP contribution in [0, 0.1) is 17.2 Å². The summed E-state index contributed by atoms with van der Waals surface area (Å²) < 4.78 is 7.47. The first-order chi connectivity index (χ1) is 26.7. The van der Waals surface area contributed by atoms with Gasteiger partial charge in [-0.25, -0.2) is 14.6 Å². The van der Waals surface area contributed by atoms with Gasteiger partial charge in [-0.1, -0.05) is 36.4 Å². The Morgan fingerprint density at radius 3 is 2.38 bits per heavy atom. The number of nitriles is 1. The summed E-state index contributed by atoms with van der Waals surface area (Å²) in [6.07, 6.45) is 5.04. The number of fused-ring (bicyclic) bond motifs is 1. The van der Waals surface area contributed by atoms with Crippen LogP contribution in [0.25, 0.3) is 22.6 Å². The third-order valence-corrected chi connectivity index (χ3v) is 10.2. The molecule has 3 aliphatic rings. The Bertz CT molecular complexity index is 2450. The van der Waals surface area contributed by atoms with E-state index in [4.69, 9.17) is 4.74 Å². The van der Waals surface area contributed by atoms with E-state index in [2.05, 4.69) is 31.4 Å². The monoisotopic (exact) mass is 734 g/mol. The van der Waals surface area contributed by atoms with Crippen LogP contribution in [0.3, 0.4) is 0 Å². The molecule has 1 unspecified atom stereocenters. The van der Waals surface area contributed by atoms with E-state index in [0.717, 1.165) is 34.4 Å². The molecule has 55 heavy (non-hydrogen) atoms. The molecule has 1 atom stereocenters. The second-order valence-corrected chi connectivity index (χ2v) is 13.7. The number of aromatic nitrogens is 4. The van der Waals surface area contributed by atoms with Crippen molar-refractivity contribution in [3.8, 4) is 34.5 Å². The Hall–Kier alpha value is -7.01. The topological polar surface area (TPSA) is 180 Å². The number of carbonyl (C=O) groups excluding carboxylic acids is 4. The Kier molecular flexibility index (Phi) is 9.42. The quantitative estimate of drug-likeness (QED) is 0.217. The van der Waals surface area contributed by atoms with Crippen molar-refractivity contribution in [3.63, 3.8) is 0 Å². The second-order valence-electron chi connectivity index (χ2n) is 13.7. The average molecular weight is 735 g/mol. The molecule has 0 radical (unpaired) electrons. The van der Waals surface area contributed by atoms with E-state index in [9.17, 15) is 29.2 Å². The molecular weight excluding hydrogens is 701 g/mol. The van der Waals surface area contributed by atoms with Crippen LogP contribution in [0.4, 0.5) is 5.69 Å². The summed E-state index contributed by atoms with van der Waals surface area (Å²) in [5.41, 5.74) is 4.45. The zero-order chi connectivity index (χ0) is 38.1. The number of nitrogens with zero attached hydrogens (tertiary/aromatic N) is 7. The van der Waals surface area contributed by atoms with Crippen molar-refractivity contribution in [1.82, 2.24) is 30.0 Å². The van der Waals surface area contributed by atoms with Gasteiger partial charge >= 0.3 is 0 Å². The summed E-state index contributed by atoms with van der Waals surface area (Å²) in [5, 5.41) is 16.0. The minimum atomic E-state index is -1.01. The van der Waals surface area contributed by atoms with E-state index in [1.54, 1.807) is 48.8 Å². The molecule has 3 aliphatic heterocycles. The number of imide groups is 2. The maximum atomic E-state index is 13.6. The van der Waals surface area contributed by atoms with Crippen LogP contribution in [0.5, 0.6) is 5.75 Å². The maximum Gasteiger partial charge on any atom is 0.267 e. The van der Waals surface area contributed by atoms with Gasteiger partial charge in [-0.15, -0.1) is 0 Å². The van der Waals surface area contributed by atoms with Crippen LogP contribution in [0.1, 0.15) is 57.5 Å². The van der Waals surface area contributed by atoms with Gasteiger partial charge in [-0.05, 0) is 67.1 Å². The Morgan fingerprint density at radius 1 is 0.836 bits per heavy atom. The number of ether oxygens (including phenoxy) is 1. The van der Waals surface area contributed by atoms with Gasteiger partial charge in [0, 0.05) is 36.7 Å². The molecule has 2 saturated heterocycles. The molecule has 4 amide bonds. The standard InChI is InChI=1S/C41H34N8O6/c42-20-26-4-1-6-28(18-26)32-10-13-36(51)48(46-32)23-27-5-2-7-29(19-27)38-43-21-30(22-44-38)55-24-25-14-16-47(17-15-25)33-9-3-8-31-37(33)41(54)49(40(31)53)34-11-12-35(50)45-39(34)52/h1-10,13,18-19,21-22,25,34H,11-12,14-17,23-24H2,(H,45,50,52). The van der Waals surface area contributed by atoms with Gasteiger partial charge in [-0.2, -0.15) is 10.4 Å². The fourth-order valence-corrected chi connectivity index (χ4v) is 7.30.